The summed E-state index contributed by atoms with van der Waals surface area (Å²) < 4.78 is 37.4. The summed E-state index contributed by atoms with van der Waals surface area (Å²) in [6, 6.07) is 8.35. The lowest BCUT2D eigenvalue weighted by atomic mass is 10.3. The highest BCUT2D eigenvalue weighted by Gasteiger charge is 2.39. The maximum atomic E-state index is 11.8. The molecular formula is C12H12N2O5S. The van der Waals surface area contributed by atoms with Gasteiger partial charge in [-0.1, -0.05) is 18.2 Å². The van der Waals surface area contributed by atoms with Crippen molar-refractivity contribution in [2.45, 2.75) is 6.92 Å². The van der Waals surface area contributed by atoms with Crippen molar-refractivity contribution in [1.29, 1.82) is 0 Å². The van der Waals surface area contributed by atoms with Crippen LogP contribution in [0.4, 0.5) is 0 Å². The summed E-state index contributed by atoms with van der Waals surface area (Å²) >= 11 is 0. The second-order valence-corrected chi connectivity index (χ2v) is 5.28. The number of rotatable bonds is 4. The Morgan fingerprint density at radius 1 is 1.30 bits per heavy atom. The minimum atomic E-state index is -4.18. The first kappa shape index (κ1) is 14.1. The van der Waals surface area contributed by atoms with Gasteiger partial charge in [0.05, 0.1) is 6.61 Å². The molecule has 0 aromatic heterocycles. The highest BCUT2D eigenvalue weighted by Crippen LogP contribution is 2.27. The lowest BCUT2D eigenvalue weighted by Crippen LogP contribution is -2.22. The summed E-state index contributed by atoms with van der Waals surface area (Å²) in [7, 11) is -4.18. The molecule has 1 aliphatic rings. The quantitative estimate of drug-likeness (QED) is 0.872. The summed E-state index contributed by atoms with van der Waals surface area (Å²) in [6.45, 7) is 1.82. The van der Waals surface area contributed by atoms with E-state index in [1.807, 2.05) is 0 Å². The van der Waals surface area contributed by atoms with Gasteiger partial charge in [-0.25, -0.2) is 0 Å². The minimum Gasteiger partial charge on any atom is -0.475 e. The van der Waals surface area contributed by atoms with Crippen LogP contribution in [0.25, 0.3) is 0 Å². The number of para-hydroxylation sites is 1. The van der Waals surface area contributed by atoms with Crippen LogP contribution in [-0.4, -0.2) is 26.8 Å². The van der Waals surface area contributed by atoms with Crippen molar-refractivity contribution < 1.29 is 22.7 Å². The summed E-state index contributed by atoms with van der Waals surface area (Å²) in [5.74, 6) is -1.36. The van der Waals surface area contributed by atoms with Crippen molar-refractivity contribution in [1.82, 2.24) is 0 Å². The predicted octanol–water partition coefficient (Wildman–Crippen LogP) is 0.541. The van der Waals surface area contributed by atoms with Gasteiger partial charge < -0.3 is 15.2 Å². The molecule has 106 valence electrons. The Labute approximate surface area is 115 Å². The van der Waals surface area contributed by atoms with Gasteiger partial charge in [-0.3, -0.25) is 4.79 Å². The van der Waals surface area contributed by atoms with E-state index < -0.39 is 20.8 Å². The number of benzene rings is 1. The van der Waals surface area contributed by atoms with Crippen LogP contribution >= 0.6 is 0 Å². The highest BCUT2D eigenvalue weighted by molar-refractivity contribution is 7.95. The number of nitrogens with two attached hydrogens (primary N) is 1. The molecule has 0 atom stereocenters. The molecule has 1 aromatic carbocycles. The molecular weight excluding hydrogens is 284 g/mol. The van der Waals surface area contributed by atoms with E-state index in [0.717, 1.165) is 0 Å². The highest BCUT2D eigenvalue weighted by atomic mass is 32.2. The number of carbonyl (C=O) groups excluding carboxylic acids is 1. The van der Waals surface area contributed by atoms with E-state index in [0.29, 0.717) is 5.75 Å². The standard InChI is InChI=1S/C12H12N2O5S/c1-2-18-12-9(19-8-6-4-3-5-7-8)10(11(13)15)20(16,17)14-12/h3-7H,2H2,1H3,(H2,13,15). The van der Waals surface area contributed by atoms with E-state index in [2.05, 4.69) is 4.40 Å². The van der Waals surface area contributed by atoms with Crippen LogP contribution in [0.1, 0.15) is 6.92 Å². The average molecular weight is 296 g/mol. The van der Waals surface area contributed by atoms with Gasteiger partial charge in [0, 0.05) is 0 Å². The molecule has 2 rings (SSSR count). The Morgan fingerprint density at radius 2 is 1.95 bits per heavy atom. The molecule has 1 aromatic rings. The number of hydrogen-bond donors (Lipinski definition) is 1. The lowest BCUT2D eigenvalue weighted by Gasteiger charge is -2.09. The van der Waals surface area contributed by atoms with Crippen LogP contribution in [0.5, 0.6) is 5.75 Å². The summed E-state index contributed by atoms with van der Waals surface area (Å²) in [5, 5.41) is 0. The monoisotopic (exact) mass is 296 g/mol. The third-order valence-electron chi connectivity index (χ3n) is 2.33. The fourth-order valence-electron chi connectivity index (χ4n) is 1.57. The molecule has 1 heterocycles. The van der Waals surface area contributed by atoms with Gasteiger partial charge in [0.15, 0.2) is 0 Å². The molecule has 1 amide bonds. The van der Waals surface area contributed by atoms with Gasteiger partial charge in [0.25, 0.3) is 21.8 Å². The minimum absolute atomic E-state index is 0.169. The van der Waals surface area contributed by atoms with E-state index in [9.17, 15) is 13.2 Å². The van der Waals surface area contributed by atoms with Crippen LogP contribution in [0.15, 0.2) is 45.4 Å². The van der Waals surface area contributed by atoms with Crippen LogP contribution < -0.4 is 10.5 Å². The van der Waals surface area contributed by atoms with Gasteiger partial charge in [-0.2, -0.15) is 8.42 Å². The fraction of sp³-hybridized carbons (Fsp3) is 0.167. The fourth-order valence-corrected chi connectivity index (χ4v) is 2.64. The van der Waals surface area contributed by atoms with E-state index in [-0.39, 0.29) is 18.3 Å². The third kappa shape index (κ3) is 2.64. The van der Waals surface area contributed by atoms with Crippen molar-refractivity contribution in [3.63, 3.8) is 0 Å². The van der Waals surface area contributed by atoms with Gasteiger partial charge in [0.1, 0.15) is 5.75 Å². The van der Waals surface area contributed by atoms with Crippen LogP contribution in [0.2, 0.25) is 0 Å². The van der Waals surface area contributed by atoms with Crippen molar-refractivity contribution in [2.24, 2.45) is 10.1 Å². The molecule has 0 fully saturated rings. The van der Waals surface area contributed by atoms with Gasteiger partial charge in [-0.05, 0) is 19.1 Å². The Kier molecular flexibility index (Phi) is 3.75. The van der Waals surface area contributed by atoms with Crippen molar-refractivity contribution in [2.75, 3.05) is 6.61 Å². The first-order chi connectivity index (χ1) is 9.45. The van der Waals surface area contributed by atoms with E-state index in [1.54, 1.807) is 37.3 Å². The predicted molar refractivity (Wildman–Crippen MR) is 71.3 cm³/mol. The topological polar surface area (TPSA) is 108 Å². The first-order valence-corrected chi connectivity index (χ1v) is 7.15. The van der Waals surface area contributed by atoms with Gasteiger partial charge in [-0.15, -0.1) is 4.40 Å². The number of sulfonamides is 1. The molecule has 2 N–H and O–H groups in total. The molecule has 1 aliphatic heterocycles. The van der Waals surface area contributed by atoms with Crippen molar-refractivity contribution >= 4 is 21.8 Å². The average Bonchev–Trinajstić information content (AvgIpc) is 2.62. The Hall–Kier alpha value is -2.35. The SMILES string of the molecule is CCOC1=NS(=O)(=O)C(C(N)=O)=C1Oc1ccccc1. The zero-order valence-electron chi connectivity index (χ0n) is 10.6. The zero-order chi connectivity index (χ0) is 14.8. The number of amides is 1. The van der Waals surface area contributed by atoms with E-state index >= 15 is 0 Å². The molecule has 0 saturated carbocycles. The zero-order valence-corrected chi connectivity index (χ0v) is 11.4. The van der Waals surface area contributed by atoms with Gasteiger partial charge >= 0.3 is 0 Å². The molecule has 0 aliphatic carbocycles. The smallest absolute Gasteiger partial charge is 0.295 e. The first-order valence-electron chi connectivity index (χ1n) is 5.71. The molecule has 0 bridgehead atoms. The Balaban J connectivity index is 2.50. The van der Waals surface area contributed by atoms with Crippen molar-refractivity contribution in [3.8, 4) is 5.75 Å². The second-order valence-electron chi connectivity index (χ2n) is 3.74. The number of carbonyl (C=O) groups is 1. The third-order valence-corrected chi connectivity index (χ3v) is 3.64. The Bertz CT molecular complexity index is 692. The molecule has 0 radical (unpaired) electrons. The van der Waals surface area contributed by atoms with E-state index in [4.69, 9.17) is 15.2 Å². The molecule has 0 unspecified atom stereocenters. The number of primary amides is 1. The molecule has 8 heteroatoms. The summed E-state index contributed by atoms with van der Waals surface area (Å²) in [5.41, 5.74) is 5.09. The van der Waals surface area contributed by atoms with Crippen LogP contribution in [-0.2, 0) is 19.6 Å². The molecule has 7 nitrogen and oxygen atoms in total. The lowest BCUT2D eigenvalue weighted by molar-refractivity contribution is -0.114. The Morgan fingerprint density at radius 3 is 2.50 bits per heavy atom. The van der Waals surface area contributed by atoms with Crippen LogP contribution in [0.3, 0.4) is 0 Å². The van der Waals surface area contributed by atoms with Crippen molar-refractivity contribution in [3.05, 3.63) is 41.0 Å². The number of ether oxygens (including phenoxy) is 2. The number of hydrogen-bond acceptors (Lipinski definition) is 5. The largest absolute Gasteiger partial charge is 0.475 e. The normalized spacial score (nSPS) is 16.8. The maximum Gasteiger partial charge on any atom is 0.295 e. The second kappa shape index (κ2) is 5.33. The summed E-state index contributed by atoms with van der Waals surface area (Å²) in [6.07, 6.45) is 0. The van der Waals surface area contributed by atoms with Crippen LogP contribution in [0, 0.1) is 0 Å². The maximum absolute atomic E-state index is 11.8. The van der Waals surface area contributed by atoms with Gasteiger partial charge in [0.2, 0.25) is 10.7 Å². The molecule has 20 heavy (non-hydrogen) atoms. The molecule has 0 spiro atoms. The summed E-state index contributed by atoms with van der Waals surface area (Å²) in [4.78, 5) is 10.6. The van der Waals surface area contributed by atoms with E-state index in [1.165, 1.54) is 0 Å². The number of nitrogens with zero attached hydrogens (tertiary/aromatic N) is 1. The molecule has 0 saturated heterocycles.